The Bertz CT molecular complexity index is 223. The molecule has 0 heterocycles. The molecule has 4 nitrogen and oxygen atoms in total. The molecule has 0 radical (unpaired) electrons. The van der Waals surface area contributed by atoms with Crippen molar-refractivity contribution in [3.8, 4) is 0 Å². The lowest BCUT2D eigenvalue weighted by atomic mass is 10.0. The van der Waals surface area contributed by atoms with Crippen LogP contribution in [0.15, 0.2) is 0 Å². The van der Waals surface area contributed by atoms with Gasteiger partial charge in [-0.05, 0) is 40.0 Å². The highest BCUT2D eigenvalue weighted by molar-refractivity contribution is 5.66. The smallest absolute Gasteiger partial charge is 0.408 e. The van der Waals surface area contributed by atoms with Gasteiger partial charge in [-0.3, -0.25) is 4.90 Å². The van der Waals surface area contributed by atoms with Gasteiger partial charge < -0.3 is 10.8 Å². The zero-order valence-electron chi connectivity index (χ0n) is 9.16. The Balaban J connectivity index is 2.83. The fraction of sp³-hybridized carbons (Fsp3) is 0.900. The molecule has 14 heavy (non-hydrogen) atoms. The second-order valence-corrected chi connectivity index (χ2v) is 4.99. The van der Waals surface area contributed by atoms with Gasteiger partial charge in [-0.1, -0.05) is 0 Å². The van der Waals surface area contributed by atoms with Crippen molar-refractivity contribution in [3.05, 3.63) is 0 Å². The van der Waals surface area contributed by atoms with Crippen molar-refractivity contribution in [2.75, 3.05) is 0 Å². The third kappa shape index (κ3) is 2.18. The SMILES string of the molecule is CC(C)(C)N(C(=O)O)[C@@H]1CCC[C@@H]1N. The van der Waals surface area contributed by atoms with Gasteiger partial charge in [0.1, 0.15) is 0 Å². The van der Waals surface area contributed by atoms with E-state index < -0.39 is 6.09 Å². The van der Waals surface area contributed by atoms with Crippen molar-refractivity contribution in [2.45, 2.75) is 57.7 Å². The Morgan fingerprint density at radius 1 is 1.43 bits per heavy atom. The van der Waals surface area contributed by atoms with Gasteiger partial charge in [-0.2, -0.15) is 0 Å². The molecule has 1 rings (SSSR count). The molecule has 0 aromatic rings. The lowest BCUT2D eigenvalue weighted by molar-refractivity contribution is 0.0671. The average molecular weight is 200 g/mol. The zero-order valence-corrected chi connectivity index (χ0v) is 9.16. The Morgan fingerprint density at radius 2 is 2.00 bits per heavy atom. The van der Waals surface area contributed by atoms with Crippen molar-refractivity contribution < 1.29 is 9.90 Å². The van der Waals surface area contributed by atoms with Crippen LogP contribution in [-0.2, 0) is 0 Å². The molecule has 0 aliphatic heterocycles. The summed E-state index contributed by atoms with van der Waals surface area (Å²) in [4.78, 5) is 12.7. The molecular weight excluding hydrogens is 180 g/mol. The van der Waals surface area contributed by atoms with Crippen LogP contribution in [0.2, 0.25) is 0 Å². The van der Waals surface area contributed by atoms with E-state index in [1.54, 1.807) is 0 Å². The van der Waals surface area contributed by atoms with Gasteiger partial charge in [0.25, 0.3) is 0 Å². The molecule has 0 bridgehead atoms. The van der Waals surface area contributed by atoms with E-state index in [0.29, 0.717) is 0 Å². The summed E-state index contributed by atoms with van der Waals surface area (Å²) in [6, 6.07) is -0.00201. The first kappa shape index (κ1) is 11.3. The molecular formula is C10H20N2O2. The number of rotatable bonds is 1. The van der Waals surface area contributed by atoms with Crippen LogP contribution in [0.25, 0.3) is 0 Å². The van der Waals surface area contributed by atoms with E-state index in [1.807, 2.05) is 20.8 Å². The molecule has 0 spiro atoms. The van der Waals surface area contributed by atoms with E-state index in [0.717, 1.165) is 19.3 Å². The van der Waals surface area contributed by atoms with Crippen LogP contribution in [0, 0.1) is 0 Å². The van der Waals surface area contributed by atoms with Crippen molar-refractivity contribution in [1.29, 1.82) is 0 Å². The zero-order chi connectivity index (χ0) is 10.9. The first-order chi connectivity index (χ1) is 6.34. The number of amides is 1. The monoisotopic (exact) mass is 200 g/mol. The molecule has 1 aliphatic rings. The highest BCUT2D eigenvalue weighted by atomic mass is 16.4. The minimum Gasteiger partial charge on any atom is -0.465 e. The highest BCUT2D eigenvalue weighted by Gasteiger charge is 2.38. The third-order valence-electron chi connectivity index (χ3n) is 2.79. The molecule has 0 unspecified atom stereocenters. The summed E-state index contributed by atoms with van der Waals surface area (Å²) < 4.78 is 0. The molecule has 4 heteroatoms. The maximum absolute atomic E-state index is 11.1. The maximum atomic E-state index is 11.1. The minimum absolute atomic E-state index is 0.00493. The molecule has 2 atom stereocenters. The molecule has 1 aliphatic carbocycles. The second-order valence-electron chi connectivity index (χ2n) is 4.99. The summed E-state index contributed by atoms with van der Waals surface area (Å²) in [6.45, 7) is 5.73. The number of hydrogen-bond donors (Lipinski definition) is 2. The highest BCUT2D eigenvalue weighted by Crippen LogP contribution is 2.28. The Morgan fingerprint density at radius 3 is 2.29 bits per heavy atom. The van der Waals surface area contributed by atoms with Crippen LogP contribution < -0.4 is 5.73 Å². The van der Waals surface area contributed by atoms with Crippen LogP contribution in [0.1, 0.15) is 40.0 Å². The van der Waals surface area contributed by atoms with Crippen LogP contribution in [0.5, 0.6) is 0 Å². The van der Waals surface area contributed by atoms with Crippen molar-refractivity contribution in [2.24, 2.45) is 5.73 Å². The number of carboxylic acid groups (broad SMARTS) is 1. The Labute approximate surface area is 85.1 Å². The Hall–Kier alpha value is -0.770. The predicted octanol–water partition coefficient (Wildman–Crippen LogP) is 1.64. The van der Waals surface area contributed by atoms with E-state index in [4.69, 9.17) is 10.8 Å². The van der Waals surface area contributed by atoms with Gasteiger partial charge in [0.15, 0.2) is 0 Å². The first-order valence-corrected chi connectivity index (χ1v) is 5.12. The summed E-state index contributed by atoms with van der Waals surface area (Å²) in [5, 5.41) is 9.16. The van der Waals surface area contributed by atoms with Crippen molar-refractivity contribution in [3.63, 3.8) is 0 Å². The number of carbonyl (C=O) groups is 1. The fourth-order valence-corrected chi connectivity index (χ4v) is 2.22. The molecule has 3 N–H and O–H groups in total. The van der Waals surface area contributed by atoms with Gasteiger partial charge in [-0.15, -0.1) is 0 Å². The van der Waals surface area contributed by atoms with E-state index in [2.05, 4.69) is 0 Å². The van der Waals surface area contributed by atoms with Crippen LogP contribution >= 0.6 is 0 Å². The van der Waals surface area contributed by atoms with Gasteiger partial charge in [-0.25, -0.2) is 4.79 Å². The lowest BCUT2D eigenvalue weighted by Gasteiger charge is -2.39. The molecule has 82 valence electrons. The van der Waals surface area contributed by atoms with Crippen LogP contribution in [0.3, 0.4) is 0 Å². The average Bonchev–Trinajstić information content (AvgIpc) is 2.32. The molecule has 0 aromatic heterocycles. The van der Waals surface area contributed by atoms with Gasteiger partial charge >= 0.3 is 6.09 Å². The van der Waals surface area contributed by atoms with E-state index in [-0.39, 0.29) is 17.6 Å². The van der Waals surface area contributed by atoms with E-state index >= 15 is 0 Å². The summed E-state index contributed by atoms with van der Waals surface area (Å²) in [7, 11) is 0. The Kier molecular flexibility index (Phi) is 3.04. The predicted molar refractivity (Wildman–Crippen MR) is 55.2 cm³/mol. The molecule has 0 aromatic carbocycles. The molecule has 1 fully saturated rings. The number of hydrogen-bond acceptors (Lipinski definition) is 2. The van der Waals surface area contributed by atoms with Crippen molar-refractivity contribution >= 4 is 6.09 Å². The second kappa shape index (κ2) is 3.77. The first-order valence-electron chi connectivity index (χ1n) is 5.12. The van der Waals surface area contributed by atoms with Crippen LogP contribution in [-0.4, -0.2) is 33.7 Å². The van der Waals surface area contributed by atoms with Crippen molar-refractivity contribution in [1.82, 2.24) is 4.90 Å². The minimum atomic E-state index is -0.861. The third-order valence-corrected chi connectivity index (χ3v) is 2.79. The van der Waals surface area contributed by atoms with E-state index in [9.17, 15) is 4.79 Å². The largest absolute Gasteiger partial charge is 0.465 e. The lowest BCUT2D eigenvalue weighted by Crippen LogP contribution is -2.55. The maximum Gasteiger partial charge on any atom is 0.408 e. The van der Waals surface area contributed by atoms with E-state index in [1.165, 1.54) is 4.90 Å². The number of nitrogens with two attached hydrogens (primary N) is 1. The quantitative estimate of drug-likeness (QED) is 0.676. The summed E-state index contributed by atoms with van der Waals surface area (Å²) >= 11 is 0. The van der Waals surface area contributed by atoms with Crippen LogP contribution in [0.4, 0.5) is 4.79 Å². The summed E-state index contributed by atoms with van der Waals surface area (Å²) in [5.74, 6) is 0. The normalized spacial score (nSPS) is 27.7. The van der Waals surface area contributed by atoms with Gasteiger partial charge in [0.2, 0.25) is 0 Å². The fourth-order valence-electron chi connectivity index (χ4n) is 2.22. The van der Waals surface area contributed by atoms with Gasteiger partial charge in [0.05, 0.1) is 6.04 Å². The summed E-state index contributed by atoms with van der Waals surface area (Å²) in [6.07, 6.45) is 2.00. The summed E-state index contributed by atoms with van der Waals surface area (Å²) in [5.41, 5.74) is 5.55. The van der Waals surface area contributed by atoms with Gasteiger partial charge in [0, 0.05) is 11.6 Å². The standard InChI is InChI=1S/C10H20N2O2/c1-10(2,3)12(9(13)14)8-6-4-5-7(8)11/h7-8H,4-6,11H2,1-3H3,(H,13,14)/t7-,8+/m0/s1. The topological polar surface area (TPSA) is 66.6 Å². The molecule has 0 saturated heterocycles. The molecule has 1 saturated carbocycles. The number of nitrogens with zero attached hydrogens (tertiary/aromatic N) is 1. The molecule has 1 amide bonds.